The first-order valence-electron chi connectivity index (χ1n) is 10.8. The summed E-state index contributed by atoms with van der Waals surface area (Å²) in [5, 5.41) is 1.86. The van der Waals surface area contributed by atoms with Crippen LogP contribution in [0.15, 0.2) is 64.8 Å². The molecule has 0 aliphatic heterocycles. The van der Waals surface area contributed by atoms with Crippen molar-refractivity contribution in [3.63, 3.8) is 0 Å². The maximum absolute atomic E-state index is 2.59. The lowest BCUT2D eigenvalue weighted by Gasteiger charge is -2.51. The Morgan fingerprint density at radius 3 is 1.79 bits per heavy atom. The molecular formula is C27H38Si. The Bertz CT molecular complexity index is 856. The van der Waals surface area contributed by atoms with Crippen molar-refractivity contribution in [2.45, 2.75) is 79.3 Å². The van der Waals surface area contributed by atoms with Gasteiger partial charge in [-0.3, -0.25) is 0 Å². The molecule has 0 N–H and O–H groups in total. The molecule has 0 amide bonds. The minimum Gasteiger partial charge on any atom is -0.0839 e. The van der Waals surface area contributed by atoms with Gasteiger partial charge in [0.25, 0.3) is 0 Å². The number of rotatable bonds is 3. The maximum Gasteiger partial charge on any atom is 0.0930 e. The van der Waals surface area contributed by atoms with E-state index in [-0.39, 0.29) is 10.5 Å². The Labute approximate surface area is 174 Å². The van der Waals surface area contributed by atoms with Crippen LogP contribution in [0.2, 0.25) is 10.6 Å². The second kappa shape index (κ2) is 7.33. The van der Waals surface area contributed by atoms with Crippen LogP contribution in [0.3, 0.4) is 0 Å². The molecule has 0 nitrogen and oxygen atoms in total. The summed E-state index contributed by atoms with van der Waals surface area (Å²) in [7, 11) is -1.49. The van der Waals surface area contributed by atoms with Crippen molar-refractivity contribution in [2.24, 2.45) is 5.41 Å². The van der Waals surface area contributed by atoms with E-state index < -0.39 is 8.80 Å². The van der Waals surface area contributed by atoms with Gasteiger partial charge >= 0.3 is 0 Å². The second-order valence-electron chi connectivity index (χ2n) is 10.3. The van der Waals surface area contributed by atoms with Crippen LogP contribution >= 0.6 is 0 Å². The molecule has 0 saturated carbocycles. The molecule has 0 aromatic heterocycles. The number of allylic oxidation sites excluding steroid dienone is 8. The molecular weight excluding hydrogens is 352 g/mol. The first-order valence-corrected chi connectivity index (χ1v) is 12.6. The van der Waals surface area contributed by atoms with Gasteiger partial charge in [0.15, 0.2) is 0 Å². The van der Waals surface area contributed by atoms with Crippen molar-refractivity contribution >= 4 is 14.0 Å². The molecule has 3 rings (SSSR count). The predicted octanol–water partition coefficient (Wildman–Crippen LogP) is 7.10. The van der Waals surface area contributed by atoms with Crippen LogP contribution in [-0.2, 0) is 0 Å². The molecule has 0 fully saturated rings. The molecule has 2 aliphatic rings. The predicted molar refractivity (Wildman–Crippen MR) is 128 cm³/mol. The molecule has 1 aromatic rings. The van der Waals surface area contributed by atoms with Gasteiger partial charge in [0.2, 0.25) is 0 Å². The molecule has 0 saturated heterocycles. The summed E-state index contributed by atoms with van der Waals surface area (Å²) < 4.78 is 0. The van der Waals surface area contributed by atoms with Crippen LogP contribution in [0.1, 0.15) is 66.0 Å². The SMILES string of the molecule is CC1=C(C)C([SiH](c2cc(C)cc(C)c2)C2(C(C)(C)C)C=CC=CC2)C(C)=C1C. The molecule has 2 aliphatic carbocycles. The van der Waals surface area contributed by atoms with Gasteiger partial charge in [-0.2, -0.15) is 0 Å². The van der Waals surface area contributed by atoms with E-state index in [1.165, 1.54) is 22.3 Å². The van der Waals surface area contributed by atoms with Gasteiger partial charge in [0.05, 0.1) is 8.80 Å². The van der Waals surface area contributed by atoms with Crippen LogP contribution in [0.5, 0.6) is 0 Å². The Kier molecular flexibility index (Phi) is 5.53. The van der Waals surface area contributed by atoms with E-state index in [1.54, 1.807) is 16.3 Å². The Morgan fingerprint density at radius 2 is 1.36 bits per heavy atom. The van der Waals surface area contributed by atoms with E-state index in [9.17, 15) is 0 Å². The Hall–Kier alpha value is -1.60. The largest absolute Gasteiger partial charge is 0.0930 e. The van der Waals surface area contributed by atoms with Crippen molar-refractivity contribution < 1.29 is 0 Å². The minimum absolute atomic E-state index is 0.216. The fourth-order valence-electron chi connectivity index (χ4n) is 5.75. The zero-order chi connectivity index (χ0) is 20.9. The van der Waals surface area contributed by atoms with Gasteiger partial charge in [-0.15, -0.1) is 0 Å². The van der Waals surface area contributed by atoms with Crippen LogP contribution in [-0.4, -0.2) is 8.80 Å². The van der Waals surface area contributed by atoms with E-state index in [4.69, 9.17) is 0 Å². The summed E-state index contributed by atoms with van der Waals surface area (Å²) in [5.74, 6) is 0. The summed E-state index contributed by atoms with van der Waals surface area (Å²) in [5.41, 5.74) is 9.94. The van der Waals surface area contributed by atoms with Crippen molar-refractivity contribution in [1.82, 2.24) is 0 Å². The highest BCUT2D eigenvalue weighted by Crippen LogP contribution is 2.59. The van der Waals surface area contributed by atoms with E-state index in [0.29, 0.717) is 5.54 Å². The van der Waals surface area contributed by atoms with Crippen LogP contribution in [0.25, 0.3) is 0 Å². The van der Waals surface area contributed by atoms with E-state index >= 15 is 0 Å². The summed E-state index contributed by atoms with van der Waals surface area (Å²) in [6.07, 6.45) is 10.7. The van der Waals surface area contributed by atoms with Gasteiger partial charge in [-0.1, -0.05) is 90.7 Å². The van der Waals surface area contributed by atoms with Gasteiger partial charge in [-0.25, -0.2) is 0 Å². The van der Waals surface area contributed by atoms with Crippen LogP contribution in [0, 0.1) is 19.3 Å². The summed E-state index contributed by atoms with van der Waals surface area (Å²) in [4.78, 5) is 0. The smallest absolute Gasteiger partial charge is 0.0839 e. The Balaban J connectivity index is 2.33. The van der Waals surface area contributed by atoms with Gasteiger partial charge in [0.1, 0.15) is 0 Å². The lowest BCUT2D eigenvalue weighted by atomic mass is 9.76. The highest BCUT2D eigenvalue weighted by atomic mass is 28.3. The third-order valence-electron chi connectivity index (χ3n) is 7.66. The zero-order valence-corrected chi connectivity index (χ0v) is 20.6. The molecule has 150 valence electrons. The van der Waals surface area contributed by atoms with E-state index in [1.807, 2.05) is 0 Å². The molecule has 1 heteroatoms. The Morgan fingerprint density at radius 1 is 0.821 bits per heavy atom. The highest BCUT2D eigenvalue weighted by Gasteiger charge is 2.52. The highest BCUT2D eigenvalue weighted by molar-refractivity contribution is 6.79. The first kappa shape index (κ1) is 21.1. The zero-order valence-electron chi connectivity index (χ0n) is 19.4. The first-order chi connectivity index (χ1) is 13.0. The fourth-order valence-corrected chi connectivity index (χ4v) is 11.4. The normalized spacial score (nSPS) is 24.5. The topological polar surface area (TPSA) is 0 Å². The van der Waals surface area contributed by atoms with Crippen LogP contribution in [0.4, 0.5) is 0 Å². The average molecular weight is 391 g/mol. The van der Waals surface area contributed by atoms with Crippen molar-refractivity contribution in [2.75, 3.05) is 0 Å². The van der Waals surface area contributed by atoms with Crippen molar-refractivity contribution in [3.05, 3.63) is 75.9 Å². The third kappa shape index (κ3) is 3.32. The standard InChI is InChI=1S/C27H38Si/c1-18-15-19(2)17-24(16-18)28(25-22(5)20(3)21(4)23(25)6)27(26(7,8)9)13-11-10-12-14-27/h10-13,15-17,25,28H,14H2,1-9H3. The number of aryl methyl sites for hydroxylation is 2. The molecule has 2 unspecified atom stereocenters. The number of hydrogen-bond donors (Lipinski definition) is 0. The summed E-state index contributed by atoms with van der Waals surface area (Å²) >= 11 is 0. The average Bonchev–Trinajstić information content (AvgIpc) is 2.79. The molecule has 2 atom stereocenters. The van der Waals surface area contributed by atoms with Gasteiger partial charge < -0.3 is 0 Å². The molecule has 0 radical (unpaired) electrons. The lowest BCUT2D eigenvalue weighted by molar-refractivity contribution is 0.303. The van der Waals surface area contributed by atoms with Crippen LogP contribution < -0.4 is 5.19 Å². The van der Waals surface area contributed by atoms with Gasteiger partial charge in [-0.05, 0) is 75.1 Å². The lowest BCUT2D eigenvalue weighted by Crippen LogP contribution is -2.52. The molecule has 0 bridgehead atoms. The molecule has 1 aromatic carbocycles. The monoisotopic (exact) mass is 390 g/mol. The quantitative estimate of drug-likeness (QED) is 0.483. The fraction of sp³-hybridized carbons (Fsp3) is 0.481. The second-order valence-corrected chi connectivity index (χ2v) is 13.6. The summed E-state index contributed by atoms with van der Waals surface area (Å²) in [6.45, 7) is 21.4. The molecule has 0 spiro atoms. The maximum atomic E-state index is 2.59. The number of hydrogen-bond acceptors (Lipinski definition) is 0. The minimum atomic E-state index is -1.49. The van der Waals surface area contributed by atoms with Gasteiger partial charge in [0, 0.05) is 0 Å². The molecule has 0 heterocycles. The third-order valence-corrected chi connectivity index (χ3v) is 12.8. The van der Waals surface area contributed by atoms with Crippen molar-refractivity contribution in [3.8, 4) is 0 Å². The number of benzene rings is 1. The van der Waals surface area contributed by atoms with E-state index in [2.05, 4.69) is 105 Å². The molecule has 28 heavy (non-hydrogen) atoms. The van der Waals surface area contributed by atoms with Crippen molar-refractivity contribution in [1.29, 1.82) is 0 Å². The van der Waals surface area contributed by atoms with E-state index in [0.717, 1.165) is 6.42 Å². The summed E-state index contributed by atoms with van der Waals surface area (Å²) in [6, 6.07) is 7.34.